The highest BCUT2D eigenvalue weighted by atomic mass is 19.1. The van der Waals surface area contributed by atoms with Gasteiger partial charge in [0.15, 0.2) is 0 Å². The molecule has 0 aliphatic heterocycles. The van der Waals surface area contributed by atoms with Crippen molar-refractivity contribution < 1.29 is 13.9 Å². The molecule has 1 atom stereocenters. The molecule has 0 bridgehead atoms. The van der Waals surface area contributed by atoms with E-state index in [1.54, 1.807) is 0 Å². The molecule has 0 heterocycles. The number of benzene rings is 1. The highest BCUT2D eigenvalue weighted by Gasteiger charge is 2.22. The summed E-state index contributed by atoms with van der Waals surface area (Å²) in [6, 6.07) is 3.62. The van der Waals surface area contributed by atoms with Crippen LogP contribution in [0.5, 0.6) is 0 Å². The summed E-state index contributed by atoms with van der Waals surface area (Å²) < 4.78 is 26.7. The minimum atomic E-state index is -1.13. The lowest BCUT2D eigenvalue weighted by Crippen LogP contribution is -2.05. The fraction of sp³-hybridized carbons (Fsp3) is 0.333. The molecule has 0 saturated heterocycles. The van der Waals surface area contributed by atoms with Crippen molar-refractivity contribution in [2.45, 2.75) is 25.4 Å². The first kappa shape index (κ1) is 10.3. The second kappa shape index (κ2) is 4.11. The van der Waals surface area contributed by atoms with Crippen molar-refractivity contribution in [3.8, 4) is 0 Å². The zero-order valence-electron chi connectivity index (χ0n) is 8.21. The van der Waals surface area contributed by atoms with Crippen molar-refractivity contribution >= 4 is 0 Å². The summed E-state index contributed by atoms with van der Waals surface area (Å²) in [6.45, 7) is 0. The highest BCUT2D eigenvalue weighted by Crippen LogP contribution is 2.32. The van der Waals surface area contributed by atoms with E-state index in [4.69, 9.17) is 0 Å². The van der Waals surface area contributed by atoms with Gasteiger partial charge in [-0.05, 0) is 37.0 Å². The number of allylic oxidation sites excluding steroid dienone is 1. The lowest BCUT2D eigenvalue weighted by Gasteiger charge is -2.13. The summed E-state index contributed by atoms with van der Waals surface area (Å²) in [7, 11) is 0. The molecule has 1 aromatic carbocycles. The SMILES string of the molecule is OC(C1=CCCC1)c1c(F)cccc1F. The molecule has 15 heavy (non-hydrogen) atoms. The zero-order valence-corrected chi connectivity index (χ0v) is 8.21. The molecular weight excluding hydrogens is 198 g/mol. The van der Waals surface area contributed by atoms with Gasteiger partial charge in [-0.1, -0.05) is 12.1 Å². The van der Waals surface area contributed by atoms with Gasteiger partial charge in [0.25, 0.3) is 0 Å². The monoisotopic (exact) mass is 210 g/mol. The van der Waals surface area contributed by atoms with Crippen LogP contribution in [0.15, 0.2) is 29.8 Å². The van der Waals surface area contributed by atoms with E-state index in [-0.39, 0.29) is 5.56 Å². The third kappa shape index (κ3) is 1.92. The maximum Gasteiger partial charge on any atom is 0.132 e. The van der Waals surface area contributed by atoms with Crippen molar-refractivity contribution in [3.63, 3.8) is 0 Å². The molecule has 2 rings (SSSR count). The van der Waals surface area contributed by atoms with E-state index in [1.165, 1.54) is 6.07 Å². The Bertz CT molecular complexity index is 378. The first-order valence-electron chi connectivity index (χ1n) is 5.01. The Balaban J connectivity index is 2.36. The average Bonchev–Trinajstić information content (AvgIpc) is 2.69. The Kier molecular flexibility index (Phi) is 2.82. The Morgan fingerprint density at radius 1 is 1.20 bits per heavy atom. The second-order valence-electron chi connectivity index (χ2n) is 3.71. The number of rotatable bonds is 2. The van der Waals surface area contributed by atoms with Gasteiger partial charge in [-0.25, -0.2) is 8.78 Å². The molecule has 1 N–H and O–H groups in total. The topological polar surface area (TPSA) is 20.2 Å². The lowest BCUT2D eigenvalue weighted by molar-refractivity contribution is 0.201. The molecule has 80 valence electrons. The Morgan fingerprint density at radius 3 is 2.40 bits per heavy atom. The molecule has 3 heteroatoms. The molecule has 0 saturated carbocycles. The van der Waals surface area contributed by atoms with Gasteiger partial charge < -0.3 is 5.11 Å². The van der Waals surface area contributed by atoms with Crippen molar-refractivity contribution in [2.75, 3.05) is 0 Å². The lowest BCUT2D eigenvalue weighted by atomic mass is 10.00. The largest absolute Gasteiger partial charge is 0.384 e. The molecular formula is C12H12F2O. The molecule has 1 nitrogen and oxygen atoms in total. The summed E-state index contributed by atoms with van der Waals surface area (Å²) in [5.41, 5.74) is 0.490. The Labute approximate surface area is 87.1 Å². The van der Waals surface area contributed by atoms with Crippen molar-refractivity contribution in [3.05, 3.63) is 47.0 Å². The number of aliphatic hydroxyl groups excluding tert-OH is 1. The molecule has 1 aromatic rings. The molecule has 0 amide bonds. The van der Waals surface area contributed by atoms with Crippen LogP contribution < -0.4 is 0 Å². The molecule has 0 fully saturated rings. The van der Waals surface area contributed by atoms with E-state index in [1.807, 2.05) is 6.08 Å². The zero-order chi connectivity index (χ0) is 10.8. The molecule has 1 aliphatic carbocycles. The van der Waals surface area contributed by atoms with Gasteiger partial charge in [0, 0.05) is 0 Å². The van der Waals surface area contributed by atoms with Crippen LogP contribution in [0.3, 0.4) is 0 Å². The molecule has 0 aromatic heterocycles. The van der Waals surface area contributed by atoms with Crippen molar-refractivity contribution in [1.82, 2.24) is 0 Å². The van der Waals surface area contributed by atoms with Crippen LogP contribution in [0.4, 0.5) is 8.78 Å². The highest BCUT2D eigenvalue weighted by molar-refractivity contribution is 5.30. The van der Waals surface area contributed by atoms with E-state index in [0.717, 1.165) is 37.0 Å². The van der Waals surface area contributed by atoms with Gasteiger partial charge >= 0.3 is 0 Å². The van der Waals surface area contributed by atoms with E-state index in [0.29, 0.717) is 0 Å². The number of aliphatic hydroxyl groups is 1. The second-order valence-corrected chi connectivity index (χ2v) is 3.71. The first-order chi connectivity index (χ1) is 7.20. The maximum atomic E-state index is 13.3. The summed E-state index contributed by atoms with van der Waals surface area (Å²) in [4.78, 5) is 0. The normalized spacial score (nSPS) is 17.7. The Hall–Kier alpha value is -1.22. The van der Waals surface area contributed by atoms with Crippen LogP contribution in [0.2, 0.25) is 0 Å². The summed E-state index contributed by atoms with van der Waals surface area (Å²) in [5.74, 6) is -1.37. The van der Waals surface area contributed by atoms with Gasteiger partial charge in [-0.3, -0.25) is 0 Å². The number of halogens is 2. The average molecular weight is 210 g/mol. The predicted molar refractivity (Wildman–Crippen MR) is 53.3 cm³/mol. The van der Waals surface area contributed by atoms with Gasteiger partial charge in [0.2, 0.25) is 0 Å². The van der Waals surface area contributed by atoms with Crippen LogP contribution in [0, 0.1) is 11.6 Å². The number of hydrogen-bond acceptors (Lipinski definition) is 1. The van der Waals surface area contributed by atoms with Crippen molar-refractivity contribution in [2.24, 2.45) is 0 Å². The minimum absolute atomic E-state index is 0.231. The molecule has 0 radical (unpaired) electrons. The molecule has 0 spiro atoms. The van der Waals surface area contributed by atoms with Gasteiger partial charge in [0.05, 0.1) is 5.56 Å². The fourth-order valence-electron chi connectivity index (χ4n) is 1.90. The quantitative estimate of drug-likeness (QED) is 0.743. The minimum Gasteiger partial charge on any atom is -0.384 e. The number of hydrogen-bond donors (Lipinski definition) is 1. The fourth-order valence-corrected chi connectivity index (χ4v) is 1.90. The maximum absolute atomic E-state index is 13.3. The van der Waals surface area contributed by atoms with Gasteiger partial charge in [-0.15, -0.1) is 0 Å². The van der Waals surface area contributed by atoms with Crippen LogP contribution >= 0.6 is 0 Å². The van der Waals surface area contributed by atoms with Gasteiger partial charge in [-0.2, -0.15) is 0 Å². The smallest absolute Gasteiger partial charge is 0.132 e. The third-order valence-corrected chi connectivity index (χ3v) is 2.70. The molecule has 1 unspecified atom stereocenters. The third-order valence-electron chi connectivity index (χ3n) is 2.70. The summed E-state index contributed by atoms with van der Waals surface area (Å²) in [6.07, 6.45) is 3.27. The van der Waals surface area contributed by atoms with E-state index in [2.05, 4.69) is 0 Å². The standard InChI is InChI=1S/C12H12F2O/c13-9-6-3-7-10(14)11(9)12(15)8-4-1-2-5-8/h3-4,6-7,12,15H,1-2,5H2. The summed E-state index contributed by atoms with van der Waals surface area (Å²) >= 11 is 0. The van der Waals surface area contributed by atoms with Crippen LogP contribution in [-0.4, -0.2) is 5.11 Å². The van der Waals surface area contributed by atoms with Crippen LogP contribution in [0.1, 0.15) is 30.9 Å². The summed E-state index contributed by atoms with van der Waals surface area (Å²) in [5, 5.41) is 9.83. The first-order valence-corrected chi connectivity index (χ1v) is 5.01. The van der Waals surface area contributed by atoms with E-state index in [9.17, 15) is 13.9 Å². The van der Waals surface area contributed by atoms with E-state index >= 15 is 0 Å². The van der Waals surface area contributed by atoms with Crippen LogP contribution in [0.25, 0.3) is 0 Å². The predicted octanol–water partition coefficient (Wildman–Crippen LogP) is 3.11. The van der Waals surface area contributed by atoms with Gasteiger partial charge in [0.1, 0.15) is 17.7 Å². The Morgan fingerprint density at radius 2 is 1.87 bits per heavy atom. The van der Waals surface area contributed by atoms with Crippen LogP contribution in [-0.2, 0) is 0 Å². The molecule has 1 aliphatic rings. The van der Waals surface area contributed by atoms with Crippen molar-refractivity contribution in [1.29, 1.82) is 0 Å². The van der Waals surface area contributed by atoms with E-state index < -0.39 is 17.7 Å².